The Bertz CT molecular complexity index is 558. The number of aromatic nitrogens is 2. The normalized spacial score (nSPS) is 10.6. The summed E-state index contributed by atoms with van der Waals surface area (Å²) in [4.78, 5) is 8.15. The van der Waals surface area contributed by atoms with Crippen molar-refractivity contribution in [1.29, 1.82) is 0 Å². The first-order chi connectivity index (χ1) is 8.10. The molecule has 0 aliphatic heterocycles. The van der Waals surface area contributed by atoms with Gasteiger partial charge in [-0.1, -0.05) is 0 Å². The van der Waals surface area contributed by atoms with Crippen LogP contribution in [0.3, 0.4) is 0 Å². The van der Waals surface area contributed by atoms with Gasteiger partial charge >= 0.3 is 0 Å². The van der Waals surface area contributed by atoms with Gasteiger partial charge in [0.05, 0.1) is 11.6 Å². The Morgan fingerprint density at radius 2 is 1.94 bits per heavy atom. The van der Waals surface area contributed by atoms with Gasteiger partial charge < -0.3 is 0 Å². The summed E-state index contributed by atoms with van der Waals surface area (Å²) in [5.74, 6) is -0.508. The Labute approximate surface area is 102 Å². The molecule has 0 N–H and O–H groups in total. The van der Waals surface area contributed by atoms with E-state index in [4.69, 9.17) is 11.6 Å². The second-order valence-electron chi connectivity index (χ2n) is 3.57. The molecule has 0 aliphatic rings. The maximum Gasteiger partial charge on any atom is 0.143 e. The van der Waals surface area contributed by atoms with E-state index in [9.17, 15) is 8.78 Å². The molecule has 1 aromatic heterocycles. The van der Waals surface area contributed by atoms with Gasteiger partial charge in [-0.15, -0.1) is 11.6 Å². The standard InChI is InChI=1S/C12H9ClF2N2/c1-7-4-11(17-12(6-13)16-7)9-5-8(14)2-3-10(9)15/h2-5H,6H2,1H3. The van der Waals surface area contributed by atoms with Crippen LogP contribution in [0.5, 0.6) is 0 Å². The first-order valence-corrected chi connectivity index (χ1v) is 5.49. The van der Waals surface area contributed by atoms with Gasteiger partial charge in [0.15, 0.2) is 0 Å². The zero-order chi connectivity index (χ0) is 12.4. The molecule has 17 heavy (non-hydrogen) atoms. The first-order valence-electron chi connectivity index (χ1n) is 4.96. The van der Waals surface area contributed by atoms with E-state index in [2.05, 4.69) is 9.97 Å². The van der Waals surface area contributed by atoms with E-state index in [1.165, 1.54) is 0 Å². The third-order valence-corrected chi connectivity index (χ3v) is 2.46. The van der Waals surface area contributed by atoms with E-state index in [0.29, 0.717) is 17.2 Å². The van der Waals surface area contributed by atoms with E-state index < -0.39 is 11.6 Å². The van der Waals surface area contributed by atoms with Gasteiger partial charge in [-0.05, 0) is 31.2 Å². The molecule has 88 valence electrons. The topological polar surface area (TPSA) is 25.8 Å². The highest BCUT2D eigenvalue weighted by atomic mass is 35.5. The molecule has 0 bridgehead atoms. The van der Waals surface area contributed by atoms with Crippen LogP contribution in [0, 0.1) is 18.6 Å². The smallest absolute Gasteiger partial charge is 0.143 e. The van der Waals surface area contributed by atoms with Crippen molar-refractivity contribution in [3.8, 4) is 11.3 Å². The Balaban J connectivity index is 2.59. The van der Waals surface area contributed by atoms with Crippen molar-refractivity contribution < 1.29 is 8.78 Å². The third-order valence-electron chi connectivity index (χ3n) is 2.22. The summed E-state index contributed by atoms with van der Waals surface area (Å²) in [6.45, 7) is 1.75. The van der Waals surface area contributed by atoms with Gasteiger partial charge in [0.1, 0.15) is 17.5 Å². The lowest BCUT2D eigenvalue weighted by atomic mass is 10.1. The summed E-state index contributed by atoms with van der Waals surface area (Å²) < 4.78 is 26.6. The number of hydrogen-bond acceptors (Lipinski definition) is 2. The van der Waals surface area contributed by atoms with E-state index in [-0.39, 0.29) is 11.4 Å². The van der Waals surface area contributed by atoms with Crippen LogP contribution in [0.2, 0.25) is 0 Å². The summed E-state index contributed by atoms with van der Waals surface area (Å²) in [5.41, 5.74) is 1.11. The van der Waals surface area contributed by atoms with E-state index in [1.807, 2.05) is 0 Å². The molecule has 0 spiro atoms. The van der Waals surface area contributed by atoms with Crippen molar-refractivity contribution in [1.82, 2.24) is 9.97 Å². The highest BCUT2D eigenvalue weighted by molar-refractivity contribution is 6.16. The summed E-state index contributed by atoms with van der Waals surface area (Å²) in [7, 11) is 0. The fourth-order valence-electron chi connectivity index (χ4n) is 1.52. The van der Waals surface area contributed by atoms with Crippen LogP contribution in [-0.2, 0) is 5.88 Å². The monoisotopic (exact) mass is 254 g/mol. The minimum atomic E-state index is -0.523. The maximum absolute atomic E-state index is 13.6. The highest BCUT2D eigenvalue weighted by Gasteiger charge is 2.10. The second kappa shape index (κ2) is 4.75. The number of rotatable bonds is 2. The maximum atomic E-state index is 13.6. The van der Waals surface area contributed by atoms with Gasteiger partial charge in [0.25, 0.3) is 0 Å². The van der Waals surface area contributed by atoms with Gasteiger partial charge in [-0.2, -0.15) is 0 Å². The lowest BCUT2D eigenvalue weighted by molar-refractivity contribution is 0.602. The SMILES string of the molecule is Cc1cc(-c2cc(F)ccc2F)nc(CCl)n1. The van der Waals surface area contributed by atoms with E-state index in [0.717, 1.165) is 18.2 Å². The van der Waals surface area contributed by atoms with Crippen LogP contribution in [0.1, 0.15) is 11.5 Å². The molecule has 0 atom stereocenters. The van der Waals surface area contributed by atoms with Gasteiger partial charge in [0.2, 0.25) is 0 Å². The Hall–Kier alpha value is -1.55. The highest BCUT2D eigenvalue weighted by Crippen LogP contribution is 2.22. The fraction of sp³-hybridized carbons (Fsp3) is 0.167. The van der Waals surface area contributed by atoms with Crippen LogP contribution >= 0.6 is 11.6 Å². The Morgan fingerprint density at radius 1 is 1.18 bits per heavy atom. The fourth-order valence-corrected chi connectivity index (χ4v) is 1.64. The lowest BCUT2D eigenvalue weighted by Crippen LogP contribution is -1.98. The Kier molecular flexibility index (Phi) is 3.33. The number of hydrogen-bond donors (Lipinski definition) is 0. The molecular formula is C12H9ClF2N2. The van der Waals surface area contributed by atoms with Gasteiger partial charge in [0, 0.05) is 11.3 Å². The number of alkyl halides is 1. The number of halogens is 3. The minimum absolute atomic E-state index is 0.113. The molecule has 1 aromatic carbocycles. The summed E-state index contributed by atoms with van der Waals surface area (Å²) >= 11 is 5.64. The lowest BCUT2D eigenvalue weighted by Gasteiger charge is -2.05. The molecule has 0 amide bonds. The zero-order valence-electron chi connectivity index (χ0n) is 9.04. The van der Waals surface area contributed by atoms with Crippen LogP contribution in [0.4, 0.5) is 8.78 Å². The van der Waals surface area contributed by atoms with Gasteiger partial charge in [-0.3, -0.25) is 0 Å². The van der Waals surface area contributed by atoms with Crippen LogP contribution in [-0.4, -0.2) is 9.97 Å². The molecule has 0 fully saturated rings. The number of nitrogens with zero attached hydrogens (tertiary/aromatic N) is 2. The molecule has 0 unspecified atom stereocenters. The van der Waals surface area contributed by atoms with Crippen LogP contribution < -0.4 is 0 Å². The van der Waals surface area contributed by atoms with Crippen molar-refractivity contribution in [3.63, 3.8) is 0 Å². The number of benzene rings is 1. The van der Waals surface area contributed by atoms with Crippen molar-refractivity contribution in [2.45, 2.75) is 12.8 Å². The minimum Gasteiger partial charge on any atom is -0.237 e. The van der Waals surface area contributed by atoms with Crippen molar-refractivity contribution in [2.75, 3.05) is 0 Å². The predicted octanol–water partition coefficient (Wildman–Crippen LogP) is 3.47. The molecule has 1 heterocycles. The average molecular weight is 255 g/mol. The quantitative estimate of drug-likeness (QED) is 0.767. The zero-order valence-corrected chi connectivity index (χ0v) is 9.80. The average Bonchev–Trinajstić information content (AvgIpc) is 2.31. The molecule has 0 saturated carbocycles. The molecule has 5 heteroatoms. The van der Waals surface area contributed by atoms with Crippen molar-refractivity contribution in [2.24, 2.45) is 0 Å². The van der Waals surface area contributed by atoms with Crippen LogP contribution in [0.15, 0.2) is 24.3 Å². The molecule has 2 rings (SSSR count). The summed E-state index contributed by atoms with van der Waals surface area (Å²) in [5, 5.41) is 0. The van der Waals surface area contributed by atoms with Crippen LogP contribution in [0.25, 0.3) is 11.3 Å². The largest absolute Gasteiger partial charge is 0.237 e. The van der Waals surface area contributed by atoms with Crippen molar-refractivity contribution in [3.05, 3.63) is 47.4 Å². The second-order valence-corrected chi connectivity index (χ2v) is 3.84. The summed E-state index contributed by atoms with van der Waals surface area (Å²) in [6, 6.07) is 4.83. The first kappa shape index (κ1) is 11.9. The molecule has 2 nitrogen and oxygen atoms in total. The number of aryl methyl sites for hydroxylation is 1. The van der Waals surface area contributed by atoms with E-state index in [1.54, 1.807) is 13.0 Å². The molecular weight excluding hydrogens is 246 g/mol. The molecule has 0 radical (unpaired) electrons. The summed E-state index contributed by atoms with van der Waals surface area (Å²) in [6.07, 6.45) is 0. The predicted molar refractivity (Wildman–Crippen MR) is 61.7 cm³/mol. The molecule has 2 aromatic rings. The third kappa shape index (κ3) is 2.58. The Morgan fingerprint density at radius 3 is 2.65 bits per heavy atom. The van der Waals surface area contributed by atoms with Gasteiger partial charge in [-0.25, -0.2) is 18.7 Å². The van der Waals surface area contributed by atoms with Crippen molar-refractivity contribution >= 4 is 11.6 Å². The molecule has 0 aliphatic carbocycles. The van der Waals surface area contributed by atoms with E-state index >= 15 is 0 Å². The molecule has 0 saturated heterocycles.